The van der Waals surface area contributed by atoms with Crippen molar-refractivity contribution < 1.29 is 4.42 Å². The predicted octanol–water partition coefficient (Wildman–Crippen LogP) is 2.87. The van der Waals surface area contributed by atoms with Gasteiger partial charge in [0.1, 0.15) is 5.76 Å². The van der Waals surface area contributed by atoms with Gasteiger partial charge in [-0.05, 0) is 17.5 Å². The Hall–Kier alpha value is -0.720. The molecule has 0 amide bonds. The number of furan rings is 1. The Morgan fingerprint density at radius 1 is 1.40 bits per heavy atom. The molecule has 0 aliphatic heterocycles. The molecule has 10 heavy (non-hydrogen) atoms. The molecule has 1 aromatic heterocycles. The van der Waals surface area contributed by atoms with Crippen molar-refractivity contribution >= 4 is 0 Å². The van der Waals surface area contributed by atoms with Gasteiger partial charge in [0.15, 0.2) is 0 Å². The maximum absolute atomic E-state index is 5.21. The third-order valence-corrected chi connectivity index (χ3v) is 1.28. The van der Waals surface area contributed by atoms with Gasteiger partial charge < -0.3 is 4.42 Å². The average molecular weight is 138 g/mol. The molecular weight excluding hydrogens is 124 g/mol. The number of hydrogen-bond donors (Lipinski definition) is 0. The summed E-state index contributed by atoms with van der Waals surface area (Å²) in [5.74, 6) is 1.08. The third kappa shape index (κ3) is 2.26. The molecule has 0 saturated carbocycles. The van der Waals surface area contributed by atoms with Gasteiger partial charge in [-0.3, -0.25) is 0 Å². The quantitative estimate of drug-likeness (QED) is 0.581. The lowest BCUT2D eigenvalue weighted by molar-refractivity contribution is 0.363. The summed E-state index contributed by atoms with van der Waals surface area (Å²) in [6.45, 7) is 6.61. The van der Waals surface area contributed by atoms with Crippen LogP contribution < -0.4 is 0 Å². The van der Waals surface area contributed by atoms with Crippen molar-refractivity contribution in [2.24, 2.45) is 5.41 Å². The van der Waals surface area contributed by atoms with E-state index in [2.05, 4.69) is 20.8 Å². The minimum Gasteiger partial charge on any atom is -0.469 e. The fourth-order valence-electron chi connectivity index (χ4n) is 0.936. The van der Waals surface area contributed by atoms with E-state index in [1.54, 1.807) is 6.26 Å². The molecule has 0 saturated heterocycles. The summed E-state index contributed by atoms with van der Waals surface area (Å²) in [5, 5.41) is 0. The fourth-order valence-corrected chi connectivity index (χ4v) is 0.936. The number of rotatable bonds is 1. The highest BCUT2D eigenvalue weighted by Crippen LogP contribution is 2.20. The molecule has 0 unspecified atom stereocenters. The first-order valence-corrected chi connectivity index (χ1v) is 3.60. The third-order valence-electron chi connectivity index (χ3n) is 1.28. The summed E-state index contributed by atoms with van der Waals surface area (Å²) < 4.78 is 5.21. The van der Waals surface area contributed by atoms with Crippen LogP contribution >= 0.6 is 0 Å². The van der Waals surface area contributed by atoms with Crippen LogP contribution in [0.4, 0.5) is 0 Å². The molecule has 1 aromatic rings. The largest absolute Gasteiger partial charge is 0.469 e. The molecule has 1 heterocycles. The van der Waals surface area contributed by atoms with Crippen LogP contribution in [0.1, 0.15) is 26.5 Å². The van der Waals surface area contributed by atoms with Crippen molar-refractivity contribution in [1.29, 1.82) is 0 Å². The van der Waals surface area contributed by atoms with E-state index in [1.165, 1.54) is 0 Å². The van der Waals surface area contributed by atoms with Gasteiger partial charge in [0.25, 0.3) is 0 Å². The standard InChI is InChI=1S/C9H14O/c1-9(2,3)7-8-5-4-6-10-8/h4-6H,7H2,1-3H3. The van der Waals surface area contributed by atoms with E-state index in [1.807, 2.05) is 12.1 Å². The molecule has 0 aliphatic carbocycles. The molecule has 1 nitrogen and oxygen atoms in total. The highest BCUT2D eigenvalue weighted by atomic mass is 16.3. The number of hydrogen-bond acceptors (Lipinski definition) is 1. The second-order valence-electron chi connectivity index (χ2n) is 3.82. The normalized spacial score (nSPS) is 11.9. The van der Waals surface area contributed by atoms with Crippen molar-refractivity contribution in [3.63, 3.8) is 0 Å². The molecule has 0 atom stereocenters. The summed E-state index contributed by atoms with van der Waals surface area (Å²) in [6.07, 6.45) is 2.74. The minimum absolute atomic E-state index is 0.331. The van der Waals surface area contributed by atoms with E-state index in [0.717, 1.165) is 12.2 Å². The minimum atomic E-state index is 0.331. The monoisotopic (exact) mass is 138 g/mol. The van der Waals surface area contributed by atoms with Gasteiger partial charge >= 0.3 is 0 Å². The summed E-state index contributed by atoms with van der Waals surface area (Å²) in [5.41, 5.74) is 0.331. The van der Waals surface area contributed by atoms with Crippen molar-refractivity contribution in [3.05, 3.63) is 24.2 Å². The predicted molar refractivity (Wildman–Crippen MR) is 41.9 cm³/mol. The smallest absolute Gasteiger partial charge is 0.104 e. The summed E-state index contributed by atoms with van der Waals surface area (Å²) >= 11 is 0. The SMILES string of the molecule is CC(C)(C)Cc1ccco1. The van der Waals surface area contributed by atoms with Crippen molar-refractivity contribution in [2.45, 2.75) is 27.2 Å². The zero-order chi connectivity index (χ0) is 7.61. The first-order chi connectivity index (χ1) is 4.58. The topological polar surface area (TPSA) is 13.1 Å². The zero-order valence-corrected chi connectivity index (χ0v) is 6.85. The van der Waals surface area contributed by atoms with Gasteiger partial charge in [0.2, 0.25) is 0 Å². The molecule has 0 bridgehead atoms. The molecule has 0 aliphatic rings. The summed E-state index contributed by atoms with van der Waals surface area (Å²) in [6, 6.07) is 3.95. The molecule has 56 valence electrons. The van der Waals surface area contributed by atoms with Gasteiger partial charge in [-0.2, -0.15) is 0 Å². The van der Waals surface area contributed by atoms with Gasteiger partial charge in [-0.25, -0.2) is 0 Å². The molecule has 0 aromatic carbocycles. The van der Waals surface area contributed by atoms with Crippen LogP contribution in [0.3, 0.4) is 0 Å². The van der Waals surface area contributed by atoms with Crippen LogP contribution in [0, 0.1) is 5.41 Å². The van der Waals surface area contributed by atoms with Crippen LogP contribution in [0.25, 0.3) is 0 Å². The lowest BCUT2D eigenvalue weighted by Crippen LogP contribution is -2.07. The molecule has 0 N–H and O–H groups in total. The Morgan fingerprint density at radius 2 is 2.10 bits per heavy atom. The summed E-state index contributed by atoms with van der Waals surface area (Å²) in [4.78, 5) is 0. The highest BCUT2D eigenvalue weighted by Gasteiger charge is 2.12. The van der Waals surface area contributed by atoms with Crippen LogP contribution in [-0.4, -0.2) is 0 Å². The Balaban J connectivity index is 2.57. The Bertz CT molecular complexity index is 179. The second-order valence-corrected chi connectivity index (χ2v) is 3.82. The first kappa shape index (κ1) is 7.39. The van der Waals surface area contributed by atoms with Gasteiger partial charge in [-0.1, -0.05) is 20.8 Å². The zero-order valence-electron chi connectivity index (χ0n) is 6.85. The lowest BCUT2D eigenvalue weighted by atomic mass is 9.91. The van der Waals surface area contributed by atoms with Gasteiger partial charge in [-0.15, -0.1) is 0 Å². The van der Waals surface area contributed by atoms with Crippen LogP contribution in [0.15, 0.2) is 22.8 Å². The van der Waals surface area contributed by atoms with Gasteiger partial charge in [0.05, 0.1) is 6.26 Å². The van der Waals surface area contributed by atoms with E-state index in [0.29, 0.717) is 5.41 Å². The highest BCUT2D eigenvalue weighted by molar-refractivity contribution is 5.00. The molecule has 0 spiro atoms. The molecular formula is C9H14O. The van der Waals surface area contributed by atoms with E-state index < -0.39 is 0 Å². The molecule has 0 fully saturated rings. The Kier molecular flexibility index (Phi) is 1.84. The van der Waals surface area contributed by atoms with Gasteiger partial charge in [0, 0.05) is 6.42 Å². The van der Waals surface area contributed by atoms with E-state index in [-0.39, 0.29) is 0 Å². The second kappa shape index (κ2) is 2.49. The molecule has 0 radical (unpaired) electrons. The Morgan fingerprint density at radius 3 is 2.50 bits per heavy atom. The maximum Gasteiger partial charge on any atom is 0.104 e. The average Bonchev–Trinajstić information content (AvgIpc) is 2.12. The fraction of sp³-hybridized carbons (Fsp3) is 0.556. The Labute approximate surface area is 62.1 Å². The van der Waals surface area contributed by atoms with Crippen LogP contribution in [0.5, 0.6) is 0 Å². The van der Waals surface area contributed by atoms with E-state index >= 15 is 0 Å². The summed E-state index contributed by atoms with van der Waals surface area (Å²) in [7, 11) is 0. The van der Waals surface area contributed by atoms with Crippen LogP contribution in [-0.2, 0) is 6.42 Å². The van der Waals surface area contributed by atoms with Crippen LogP contribution in [0.2, 0.25) is 0 Å². The molecule has 1 rings (SSSR count). The first-order valence-electron chi connectivity index (χ1n) is 3.60. The molecule has 1 heteroatoms. The van der Waals surface area contributed by atoms with E-state index in [4.69, 9.17) is 4.42 Å². The van der Waals surface area contributed by atoms with E-state index in [9.17, 15) is 0 Å². The van der Waals surface area contributed by atoms with Crippen molar-refractivity contribution in [1.82, 2.24) is 0 Å². The van der Waals surface area contributed by atoms with Crippen molar-refractivity contribution in [2.75, 3.05) is 0 Å². The van der Waals surface area contributed by atoms with Crippen molar-refractivity contribution in [3.8, 4) is 0 Å². The lowest BCUT2D eigenvalue weighted by Gasteiger charge is -2.15. The maximum atomic E-state index is 5.21.